The highest BCUT2D eigenvalue weighted by Gasteiger charge is 2.24. The van der Waals surface area contributed by atoms with E-state index in [-0.39, 0.29) is 5.92 Å². The lowest BCUT2D eigenvalue weighted by Gasteiger charge is -2.10. The van der Waals surface area contributed by atoms with Gasteiger partial charge in [0.1, 0.15) is 0 Å². The van der Waals surface area contributed by atoms with Crippen molar-refractivity contribution in [2.75, 3.05) is 7.11 Å². The van der Waals surface area contributed by atoms with Crippen LogP contribution in [0.2, 0.25) is 0 Å². The lowest BCUT2D eigenvalue weighted by molar-refractivity contribution is 0.0592. The van der Waals surface area contributed by atoms with Gasteiger partial charge in [-0.25, -0.2) is 9.48 Å². The highest BCUT2D eigenvalue weighted by Crippen LogP contribution is 2.30. The monoisotopic (exact) mass is 322 g/mol. The predicted molar refractivity (Wildman–Crippen MR) is 76.7 cm³/mol. The molecule has 0 aliphatic carbocycles. The quantitative estimate of drug-likeness (QED) is 0.812. The Morgan fingerprint density at radius 1 is 1.32 bits per heavy atom. The van der Waals surface area contributed by atoms with Crippen molar-refractivity contribution in [1.82, 2.24) is 9.78 Å². The first-order valence-corrected chi connectivity index (χ1v) is 6.77. The molecule has 0 atom stereocenters. The SMILES string of the molecule is COC(=O)c1nn(-c2ccccc2)c(C(C)C)c1Br. The number of carbonyl (C=O) groups excluding carboxylic acids is 1. The van der Waals surface area contributed by atoms with Gasteiger partial charge in [-0.3, -0.25) is 0 Å². The number of halogens is 1. The molecule has 1 heterocycles. The molecule has 0 spiro atoms. The van der Waals surface area contributed by atoms with Crippen LogP contribution in [0.15, 0.2) is 34.8 Å². The molecule has 0 amide bonds. The van der Waals surface area contributed by atoms with Crippen LogP contribution in [-0.4, -0.2) is 22.9 Å². The summed E-state index contributed by atoms with van der Waals surface area (Å²) in [4.78, 5) is 11.7. The van der Waals surface area contributed by atoms with Crippen LogP contribution < -0.4 is 0 Å². The van der Waals surface area contributed by atoms with E-state index in [1.165, 1.54) is 7.11 Å². The largest absolute Gasteiger partial charge is 0.464 e. The Balaban J connectivity index is 2.64. The van der Waals surface area contributed by atoms with E-state index in [4.69, 9.17) is 4.74 Å². The molecule has 19 heavy (non-hydrogen) atoms. The third-order valence-electron chi connectivity index (χ3n) is 2.79. The topological polar surface area (TPSA) is 44.1 Å². The fourth-order valence-electron chi connectivity index (χ4n) is 1.90. The Morgan fingerprint density at radius 3 is 2.47 bits per heavy atom. The van der Waals surface area contributed by atoms with E-state index < -0.39 is 5.97 Å². The van der Waals surface area contributed by atoms with E-state index in [1.54, 1.807) is 4.68 Å². The molecule has 5 heteroatoms. The zero-order valence-corrected chi connectivity index (χ0v) is 12.6. The van der Waals surface area contributed by atoms with E-state index >= 15 is 0 Å². The van der Waals surface area contributed by atoms with Crippen LogP contribution in [0.3, 0.4) is 0 Å². The summed E-state index contributed by atoms with van der Waals surface area (Å²) in [5.41, 5.74) is 2.17. The van der Waals surface area contributed by atoms with Crippen LogP contribution in [0.5, 0.6) is 0 Å². The van der Waals surface area contributed by atoms with Gasteiger partial charge in [0.05, 0.1) is 23.0 Å². The zero-order valence-electron chi connectivity index (χ0n) is 11.1. The van der Waals surface area contributed by atoms with Crippen molar-refractivity contribution in [2.45, 2.75) is 19.8 Å². The Labute approximate surface area is 120 Å². The van der Waals surface area contributed by atoms with Gasteiger partial charge in [-0.2, -0.15) is 5.10 Å². The molecule has 2 aromatic rings. The summed E-state index contributed by atoms with van der Waals surface area (Å²) >= 11 is 3.46. The molecular weight excluding hydrogens is 308 g/mol. The maximum Gasteiger partial charge on any atom is 0.359 e. The average Bonchev–Trinajstić information content (AvgIpc) is 2.76. The first kappa shape index (κ1) is 13.8. The Kier molecular flexibility index (Phi) is 4.04. The summed E-state index contributed by atoms with van der Waals surface area (Å²) in [5, 5.41) is 4.37. The molecule has 0 unspecified atom stereocenters. The van der Waals surface area contributed by atoms with Gasteiger partial charge in [0.2, 0.25) is 0 Å². The summed E-state index contributed by atoms with van der Waals surface area (Å²) in [5.74, 6) is -0.219. The smallest absolute Gasteiger partial charge is 0.359 e. The Bertz CT molecular complexity index is 591. The molecule has 4 nitrogen and oxygen atoms in total. The van der Waals surface area contributed by atoms with Crippen LogP contribution in [0, 0.1) is 0 Å². The lowest BCUT2D eigenvalue weighted by atomic mass is 10.1. The molecule has 1 aromatic heterocycles. The number of methoxy groups -OCH3 is 1. The number of benzene rings is 1. The maximum atomic E-state index is 11.7. The van der Waals surface area contributed by atoms with Crippen LogP contribution >= 0.6 is 15.9 Å². The number of hydrogen-bond donors (Lipinski definition) is 0. The van der Waals surface area contributed by atoms with Crippen molar-refractivity contribution in [1.29, 1.82) is 0 Å². The van der Waals surface area contributed by atoms with E-state index in [9.17, 15) is 4.79 Å². The summed E-state index contributed by atoms with van der Waals surface area (Å²) in [6.45, 7) is 4.12. The molecular formula is C14H15BrN2O2. The third-order valence-corrected chi connectivity index (χ3v) is 3.57. The first-order chi connectivity index (χ1) is 9.06. The van der Waals surface area contributed by atoms with Crippen molar-refractivity contribution >= 4 is 21.9 Å². The molecule has 0 aliphatic heterocycles. The minimum atomic E-state index is -0.441. The summed E-state index contributed by atoms with van der Waals surface area (Å²) in [6, 6.07) is 9.72. The van der Waals surface area contributed by atoms with Gasteiger partial charge >= 0.3 is 5.97 Å². The van der Waals surface area contributed by atoms with Crippen molar-refractivity contribution in [3.8, 4) is 5.69 Å². The zero-order chi connectivity index (χ0) is 14.0. The molecule has 0 radical (unpaired) electrons. The minimum Gasteiger partial charge on any atom is -0.464 e. The van der Waals surface area contributed by atoms with E-state index in [2.05, 4.69) is 34.9 Å². The van der Waals surface area contributed by atoms with Gasteiger partial charge in [0.15, 0.2) is 5.69 Å². The number of aromatic nitrogens is 2. The lowest BCUT2D eigenvalue weighted by Crippen LogP contribution is -2.05. The molecule has 0 saturated carbocycles. The highest BCUT2D eigenvalue weighted by atomic mass is 79.9. The normalized spacial score (nSPS) is 10.8. The molecule has 2 rings (SSSR count). The van der Waals surface area contributed by atoms with Gasteiger partial charge in [0.25, 0.3) is 0 Å². The van der Waals surface area contributed by atoms with Crippen LogP contribution in [0.1, 0.15) is 35.9 Å². The van der Waals surface area contributed by atoms with Crippen molar-refractivity contribution in [3.05, 3.63) is 46.2 Å². The minimum absolute atomic E-state index is 0.223. The molecule has 100 valence electrons. The summed E-state index contributed by atoms with van der Waals surface area (Å²) in [6.07, 6.45) is 0. The summed E-state index contributed by atoms with van der Waals surface area (Å²) < 4.78 is 7.23. The third kappa shape index (κ3) is 2.56. The molecule has 0 saturated heterocycles. The fourth-order valence-corrected chi connectivity index (χ4v) is 2.77. The number of carbonyl (C=O) groups is 1. The Hall–Kier alpha value is -1.62. The number of nitrogens with zero attached hydrogens (tertiary/aromatic N) is 2. The summed E-state index contributed by atoms with van der Waals surface area (Å²) in [7, 11) is 1.35. The number of hydrogen-bond acceptors (Lipinski definition) is 3. The van der Waals surface area contributed by atoms with Crippen molar-refractivity contribution in [2.24, 2.45) is 0 Å². The second kappa shape index (κ2) is 5.57. The van der Waals surface area contributed by atoms with E-state index in [0.717, 1.165) is 11.4 Å². The number of ether oxygens (including phenoxy) is 1. The molecule has 0 N–H and O–H groups in total. The number of esters is 1. The predicted octanol–water partition coefficient (Wildman–Crippen LogP) is 3.54. The van der Waals surface area contributed by atoms with Gasteiger partial charge in [-0.05, 0) is 34.0 Å². The molecule has 0 bridgehead atoms. The maximum absolute atomic E-state index is 11.7. The van der Waals surface area contributed by atoms with Crippen LogP contribution in [0.4, 0.5) is 0 Å². The average molecular weight is 323 g/mol. The van der Waals surface area contributed by atoms with E-state index in [1.807, 2.05) is 30.3 Å². The molecule has 0 fully saturated rings. The van der Waals surface area contributed by atoms with E-state index in [0.29, 0.717) is 10.2 Å². The van der Waals surface area contributed by atoms with Crippen molar-refractivity contribution < 1.29 is 9.53 Å². The standard InChI is InChI=1S/C14H15BrN2O2/c1-9(2)13-11(15)12(14(18)19-3)16-17(13)10-7-5-4-6-8-10/h4-9H,1-3H3. The van der Waals surface area contributed by atoms with Crippen LogP contribution in [0.25, 0.3) is 5.69 Å². The molecule has 1 aromatic carbocycles. The Morgan fingerprint density at radius 2 is 1.95 bits per heavy atom. The van der Waals surface area contributed by atoms with Gasteiger partial charge in [-0.1, -0.05) is 32.0 Å². The fraction of sp³-hybridized carbons (Fsp3) is 0.286. The van der Waals surface area contributed by atoms with Crippen LogP contribution in [-0.2, 0) is 4.74 Å². The number of para-hydroxylation sites is 1. The van der Waals surface area contributed by atoms with Crippen molar-refractivity contribution in [3.63, 3.8) is 0 Å². The van der Waals surface area contributed by atoms with Gasteiger partial charge < -0.3 is 4.74 Å². The highest BCUT2D eigenvalue weighted by molar-refractivity contribution is 9.10. The second-order valence-electron chi connectivity index (χ2n) is 4.44. The van der Waals surface area contributed by atoms with Gasteiger partial charge in [0, 0.05) is 0 Å². The van der Waals surface area contributed by atoms with Gasteiger partial charge in [-0.15, -0.1) is 0 Å². The molecule has 0 aliphatic rings. The number of rotatable bonds is 3. The second-order valence-corrected chi connectivity index (χ2v) is 5.23. The first-order valence-electron chi connectivity index (χ1n) is 5.98.